The highest BCUT2D eigenvalue weighted by Gasteiger charge is 2.22. The van der Waals surface area contributed by atoms with Crippen LogP contribution in [0, 0.1) is 5.92 Å². The Hall–Kier alpha value is 0.180. The van der Waals surface area contributed by atoms with Crippen molar-refractivity contribution in [3.05, 3.63) is 21.9 Å². The van der Waals surface area contributed by atoms with Crippen molar-refractivity contribution in [1.29, 1.82) is 0 Å². The van der Waals surface area contributed by atoms with E-state index in [4.69, 9.17) is 0 Å². The minimum atomic E-state index is 0.295. The molecule has 1 fully saturated rings. The molecular formula is C15H23BrS. The SMILES string of the molecule is CC(C)(C)c1ccc(C(Br)CC2CCCC2)s1. The lowest BCUT2D eigenvalue weighted by Gasteiger charge is -2.16. The first kappa shape index (κ1) is 13.6. The van der Waals surface area contributed by atoms with Crippen LogP contribution >= 0.6 is 27.3 Å². The van der Waals surface area contributed by atoms with Gasteiger partial charge in [-0.25, -0.2) is 0 Å². The van der Waals surface area contributed by atoms with Crippen molar-refractivity contribution in [3.8, 4) is 0 Å². The lowest BCUT2D eigenvalue weighted by molar-refractivity contribution is 0.504. The van der Waals surface area contributed by atoms with Crippen LogP contribution in [0.4, 0.5) is 0 Å². The molecule has 1 aromatic rings. The minimum Gasteiger partial charge on any atom is -0.144 e. The van der Waals surface area contributed by atoms with E-state index in [2.05, 4.69) is 48.8 Å². The van der Waals surface area contributed by atoms with E-state index in [9.17, 15) is 0 Å². The number of hydrogen-bond donors (Lipinski definition) is 0. The van der Waals surface area contributed by atoms with Gasteiger partial charge >= 0.3 is 0 Å². The highest BCUT2D eigenvalue weighted by atomic mass is 79.9. The first-order valence-electron chi connectivity index (χ1n) is 6.71. The first-order chi connectivity index (χ1) is 7.97. The lowest BCUT2D eigenvalue weighted by Crippen LogP contribution is -2.07. The predicted molar refractivity (Wildman–Crippen MR) is 81.3 cm³/mol. The maximum absolute atomic E-state index is 3.89. The van der Waals surface area contributed by atoms with Gasteiger partial charge in [-0.15, -0.1) is 11.3 Å². The summed E-state index contributed by atoms with van der Waals surface area (Å²) in [5.41, 5.74) is 0.295. The van der Waals surface area contributed by atoms with Crippen molar-refractivity contribution >= 4 is 27.3 Å². The van der Waals surface area contributed by atoms with Crippen LogP contribution in [0.3, 0.4) is 0 Å². The third-order valence-corrected chi connectivity index (χ3v) is 6.48. The Morgan fingerprint density at radius 3 is 2.47 bits per heavy atom. The fourth-order valence-electron chi connectivity index (χ4n) is 2.58. The second-order valence-electron chi connectivity index (χ2n) is 6.31. The Balaban J connectivity index is 1.99. The van der Waals surface area contributed by atoms with Crippen molar-refractivity contribution in [2.24, 2.45) is 5.92 Å². The average molecular weight is 315 g/mol. The van der Waals surface area contributed by atoms with Crippen molar-refractivity contribution in [2.45, 2.75) is 63.1 Å². The van der Waals surface area contributed by atoms with Gasteiger partial charge in [0.05, 0.1) is 0 Å². The molecule has 1 aromatic heterocycles. The van der Waals surface area contributed by atoms with E-state index < -0.39 is 0 Å². The van der Waals surface area contributed by atoms with Gasteiger partial charge in [0, 0.05) is 14.6 Å². The van der Waals surface area contributed by atoms with E-state index in [1.807, 2.05) is 11.3 Å². The summed E-state index contributed by atoms with van der Waals surface area (Å²) in [6.45, 7) is 6.88. The molecule has 0 nitrogen and oxygen atoms in total. The lowest BCUT2D eigenvalue weighted by atomic mass is 9.95. The maximum Gasteiger partial charge on any atom is 0.0491 e. The molecule has 0 aliphatic heterocycles. The average Bonchev–Trinajstić information content (AvgIpc) is 2.85. The van der Waals surface area contributed by atoms with Gasteiger partial charge in [-0.05, 0) is 29.9 Å². The molecule has 17 heavy (non-hydrogen) atoms. The summed E-state index contributed by atoms with van der Waals surface area (Å²) < 4.78 is 0. The van der Waals surface area contributed by atoms with E-state index in [0.717, 1.165) is 5.92 Å². The van der Waals surface area contributed by atoms with Gasteiger partial charge in [0.2, 0.25) is 0 Å². The van der Waals surface area contributed by atoms with Gasteiger partial charge in [0.15, 0.2) is 0 Å². The van der Waals surface area contributed by atoms with Gasteiger partial charge in [-0.1, -0.05) is 62.4 Å². The van der Waals surface area contributed by atoms with Gasteiger partial charge < -0.3 is 0 Å². The van der Waals surface area contributed by atoms with Crippen LogP contribution in [-0.2, 0) is 5.41 Å². The second-order valence-corrected chi connectivity index (χ2v) is 8.53. The van der Waals surface area contributed by atoms with Gasteiger partial charge in [-0.3, -0.25) is 0 Å². The topological polar surface area (TPSA) is 0 Å². The summed E-state index contributed by atoms with van der Waals surface area (Å²) in [5.74, 6) is 0.958. The van der Waals surface area contributed by atoms with Crippen LogP contribution in [0.25, 0.3) is 0 Å². The first-order valence-corrected chi connectivity index (χ1v) is 8.44. The minimum absolute atomic E-state index is 0.295. The van der Waals surface area contributed by atoms with E-state index in [-0.39, 0.29) is 0 Å². The molecule has 1 aliphatic rings. The quantitative estimate of drug-likeness (QED) is 0.595. The zero-order chi connectivity index (χ0) is 12.5. The fourth-order valence-corrected chi connectivity index (χ4v) is 4.60. The van der Waals surface area contributed by atoms with Gasteiger partial charge in [0.1, 0.15) is 0 Å². The number of halogens is 1. The molecule has 0 aromatic carbocycles. The monoisotopic (exact) mass is 314 g/mol. The Morgan fingerprint density at radius 1 is 1.29 bits per heavy atom. The summed E-state index contributed by atoms with van der Waals surface area (Å²) in [6.07, 6.45) is 7.10. The highest BCUT2D eigenvalue weighted by molar-refractivity contribution is 9.09. The molecule has 0 N–H and O–H groups in total. The van der Waals surface area contributed by atoms with Crippen LogP contribution in [-0.4, -0.2) is 0 Å². The summed E-state index contributed by atoms with van der Waals surface area (Å²) in [4.78, 5) is 3.59. The zero-order valence-electron chi connectivity index (χ0n) is 11.1. The summed E-state index contributed by atoms with van der Waals surface area (Å²) in [7, 11) is 0. The van der Waals surface area contributed by atoms with Crippen molar-refractivity contribution in [1.82, 2.24) is 0 Å². The molecule has 0 amide bonds. The molecule has 0 bridgehead atoms. The standard InChI is InChI=1S/C15H23BrS/c1-15(2,3)14-9-8-13(17-14)12(16)10-11-6-4-5-7-11/h8-9,11-12H,4-7,10H2,1-3H3. The molecule has 1 heterocycles. The largest absolute Gasteiger partial charge is 0.144 e. The fraction of sp³-hybridized carbons (Fsp3) is 0.733. The van der Waals surface area contributed by atoms with Crippen LogP contribution in [0.5, 0.6) is 0 Å². The molecule has 96 valence electrons. The summed E-state index contributed by atoms with van der Waals surface area (Å²) in [6, 6.07) is 4.63. The smallest absolute Gasteiger partial charge is 0.0491 e. The molecule has 1 saturated carbocycles. The summed E-state index contributed by atoms with van der Waals surface area (Å²) in [5, 5.41) is 0. The molecule has 0 saturated heterocycles. The molecule has 0 spiro atoms. The van der Waals surface area contributed by atoms with E-state index in [0.29, 0.717) is 10.2 Å². The zero-order valence-corrected chi connectivity index (χ0v) is 13.5. The van der Waals surface area contributed by atoms with E-state index in [1.165, 1.54) is 41.9 Å². The van der Waals surface area contributed by atoms with Gasteiger partial charge in [0.25, 0.3) is 0 Å². The molecule has 2 rings (SSSR count). The molecular weight excluding hydrogens is 292 g/mol. The predicted octanol–water partition coefficient (Wildman–Crippen LogP) is 6.06. The molecule has 1 atom stereocenters. The van der Waals surface area contributed by atoms with Crippen molar-refractivity contribution < 1.29 is 0 Å². The normalized spacial score (nSPS) is 19.8. The van der Waals surface area contributed by atoms with Crippen LogP contribution in [0.1, 0.15) is 67.5 Å². The Kier molecular flexibility index (Phi) is 4.35. The molecule has 1 aliphatic carbocycles. The van der Waals surface area contributed by atoms with Crippen molar-refractivity contribution in [3.63, 3.8) is 0 Å². The molecule has 0 radical (unpaired) electrons. The van der Waals surface area contributed by atoms with Crippen LogP contribution < -0.4 is 0 Å². The maximum atomic E-state index is 3.89. The second kappa shape index (κ2) is 5.44. The number of alkyl halides is 1. The molecule has 2 heteroatoms. The molecule has 1 unspecified atom stereocenters. The third kappa shape index (κ3) is 3.57. The highest BCUT2D eigenvalue weighted by Crippen LogP contribution is 2.41. The van der Waals surface area contributed by atoms with E-state index in [1.54, 1.807) is 0 Å². The Bertz CT molecular complexity index is 355. The van der Waals surface area contributed by atoms with Crippen LogP contribution in [0.2, 0.25) is 0 Å². The number of thiophene rings is 1. The summed E-state index contributed by atoms with van der Waals surface area (Å²) >= 11 is 5.87. The third-order valence-electron chi connectivity index (χ3n) is 3.69. The van der Waals surface area contributed by atoms with Crippen molar-refractivity contribution in [2.75, 3.05) is 0 Å². The Labute approximate surface area is 118 Å². The van der Waals surface area contributed by atoms with E-state index >= 15 is 0 Å². The Morgan fingerprint density at radius 2 is 1.94 bits per heavy atom. The number of hydrogen-bond acceptors (Lipinski definition) is 1. The van der Waals surface area contributed by atoms with Gasteiger partial charge in [-0.2, -0.15) is 0 Å². The van der Waals surface area contributed by atoms with Crippen LogP contribution in [0.15, 0.2) is 12.1 Å². The number of rotatable bonds is 3.